The summed E-state index contributed by atoms with van der Waals surface area (Å²) in [6.45, 7) is 3.59. The smallest absolute Gasteiger partial charge is 0.416 e. The molecule has 0 aliphatic rings. The quantitative estimate of drug-likeness (QED) is 0.896. The molecule has 2 aromatic rings. The summed E-state index contributed by atoms with van der Waals surface area (Å²) in [5.74, 6) is 1.42. The topological polar surface area (TPSA) is 39.2 Å². The maximum Gasteiger partial charge on any atom is 0.416 e. The van der Waals surface area contributed by atoms with Gasteiger partial charge in [0.1, 0.15) is 11.5 Å². The number of furan rings is 1. The summed E-state index contributed by atoms with van der Waals surface area (Å²) >= 11 is 0. The van der Waals surface area contributed by atoms with E-state index in [-0.39, 0.29) is 0 Å². The summed E-state index contributed by atoms with van der Waals surface area (Å²) in [4.78, 5) is 0. The van der Waals surface area contributed by atoms with Crippen molar-refractivity contribution in [3.63, 3.8) is 0 Å². The van der Waals surface area contributed by atoms with Crippen LogP contribution in [0.1, 0.15) is 34.3 Å². The van der Waals surface area contributed by atoms with Crippen molar-refractivity contribution >= 4 is 0 Å². The fourth-order valence-corrected chi connectivity index (χ4v) is 2.02. The minimum Gasteiger partial charge on any atom is -0.466 e. The van der Waals surface area contributed by atoms with Crippen LogP contribution in [-0.2, 0) is 6.18 Å². The molecule has 1 aromatic carbocycles. The highest BCUT2D eigenvalue weighted by molar-refractivity contribution is 5.35. The molecule has 1 unspecified atom stereocenters. The molecule has 0 saturated heterocycles. The summed E-state index contributed by atoms with van der Waals surface area (Å²) in [5.41, 5.74) is 6.78. The Kier molecular flexibility index (Phi) is 3.41. The van der Waals surface area contributed by atoms with E-state index >= 15 is 0 Å². The SMILES string of the molecule is Cc1cc(C(N)c2ccc(C(F)(F)F)cc2)c(C)o1. The Balaban J connectivity index is 2.30. The lowest BCUT2D eigenvalue weighted by molar-refractivity contribution is -0.137. The standard InChI is InChI=1S/C14H14F3NO/c1-8-7-12(9(2)19-8)13(18)10-3-5-11(6-4-10)14(15,16)17/h3-7,13H,18H2,1-2H3. The van der Waals surface area contributed by atoms with Crippen LogP contribution in [0.3, 0.4) is 0 Å². The highest BCUT2D eigenvalue weighted by Crippen LogP contribution is 2.31. The van der Waals surface area contributed by atoms with E-state index in [1.165, 1.54) is 12.1 Å². The maximum atomic E-state index is 12.5. The molecule has 0 radical (unpaired) electrons. The molecule has 1 heterocycles. The van der Waals surface area contributed by atoms with Crippen molar-refractivity contribution in [2.75, 3.05) is 0 Å². The van der Waals surface area contributed by atoms with Gasteiger partial charge in [0.15, 0.2) is 0 Å². The van der Waals surface area contributed by atoms with E-state index in [0.29, 0.717) is 11.3 Å². The summed E-state index contributed by atoms with van der Waals surface area (Å²) in [6, 6.07) is 6.19. The van der Waals surface area contributed by atoms with E-state index in [9.17, 15) is 13.2 Å². The Labute approximate surface area is 109 Å². The third kappa shape index (κ3) is 2.81. The highest BCUT2D eigenvalue weighted by atomic mass is 19.4. The minimum atomic E-state index is -4.33. The summed E-state index contributed by atoms with van der Waals surface area (Å²) in [5, 5.41) is 0. The Hall–Kier alpha value is -1.75. The Morgan fingerprint density at radius 1 is 1.11 bits per heavy atom. The number of alkyl halides is 3. The van der Waals surface area contributed by atoms with E-state index in [2.05, 4.69) is 0 Å². The van der Waals surface area contributed by atoms with E-state index in [1.54, 1.807) is 19.9 Å². The van der Waals surface area contributed by atoms with E-state index in [0.717, 1.165) is 23.5 Å². The molecule has 0 bridgehead atoms. The van der Waals surface area contributed by atoms with Crippen molar-refractivity contribution in [1.29, 1.82) is 0 Å². The zero-order valence-corrected chi connectivity index (χ0v) is 10.6. The van der Waals surface area contributed by atoms with Gasteiger partial charge in [0.2, 0.25) is 0 Å². The molecular weight excluding hydrogens is 255 g/mol. The van der Waals surface area contributed by atoms with Crippen molar-refractivity contribution in [3.8, 4) is 0 Å². The molecule has 2 nitrogen and oxygen atoms in total. The van der Waals surface area contributed by atoms with Crippen LogP contribution in [0.4, 0.5) is 13.2 Å². The van der Waals surface area contributed by atoms with Crippen LogP contribution in [0.25, 0.3) is 0 Å². The van der Waals surface area contributed by atoms with Crippen molar-refractivity contribution in [2.24, 2.45) is 5.73 Å². The third-order valence-corrected chi connectivity index (χ3v) is 3.01. The largest absolute Gasteiger partial charge is 0.466 e. The molecule has 0 amide bonds. The summed E-state index contributed by atoms with van der Waals surface area (Å²) in [6.07, 6.45) is -4.33. The zero-order chi connectivity index (χ0) is 14.2. The predicted molar refractivity (Wildman–Crippen MR) is 65.7 cm³/mol. The molecule has 2 N–H and O–H groups in total. The lowest BCUT2D eigenvalue weighted by Gasteiger charge is -2.13. The fourth-order valence-electron chi connectivity index (χ4n) is 2.02. The van der Waals surface area contributed by atoms with Crippen LogP contribution in [0, 0.1) is 13.8 Å². The molecule has 102 valence electrons. The van der Waals surface area contributed by atoms with Gasteiger partial charge in [0.25, 0.3) is 0 Å². The second-order valence-electron chi connectivity index (χ2n) is 4.47. The zero-order valence-electron chi connectivity index (χ0n) is 10.6. The first-order valence-corrected chi connectivity index (χ1v) is 5.78. The van der Waals surface area contributed by atoms with Gasteiger partial charge in [0.05, 0.1) is 11.6 Å². The van der Waals surface area contributed by atoms with Crippen LogP contribution in [0.15, 0.2) is 34.7 Å². The van der Waals surface area contributed by atoms with Crippen LogP contribution in [0.5, 0.6) is 0 Å². The normalized spacial score (nSPS) is 13.6. The lowest BCUT2D eigenvalue weighted by atomic mass is 9.99. The molecule has 1 aromatic heterocycles. The second kappa shape index (κ2) is 4.74. The van der Waals surface area contributed by atoms with Crippen molar-refractivity contribution in [3.05, 3.63) is 58.5 Å². The molecule has 19 heavy (non-hydrogen) atoms. The number of hydrogen-bond donors (Lipinski definition) is 1. The Bertz CT molecular complexity index is 569. The van der Waals surface area contributed by atoms with Gasteiger partial charge in [-0.15, -0.1) is 0 Å². The van der Waals surface area contributed by atoms with Crippen LogP contribution in [-0.4, -0.2) is 0 Å². The number of rotatable bonds is 2. The predicted octanol–water partition coefficient (Wildman–Crippen LogP) is 3.96. The molecule has 0 aliphatic heterocycles. The second-order valence-corrected chi connectivity index (χ2v) is 4.47. The van der Waals surface area contributed by atoms with Gasteiger partial charge in [-0.25, -0.2) is 0 Å². The fraction of sp³-hybridized carbons (Fsp3) is 0.286. The lowest BCUT2D eigenvalue weighted by Crippen LogP contribution is -2.13. The van der Waals surface area contributed by atoms with Gasteiger partial charge >= 0.3 is 6.18 Å². The van der Waals surface area contributed by atoms with Gasteiger partial charge in [-0.05, 0) is 37.6 Å². The van der Waals surface area contributed by atoms with E-state index in [4.69, 9.17) is 10.2 Å². The first-order chi connectivity index (χ1) is 8.79. The molecular formula is C14H14F3NO. The molecule has 5 heteroatoms. The molecule has 2 rings (SSSR count). The molecule has 1 atom stereocenters. The van der Waals surface area contributed by atoms with Crippen molar-refractivity contribution in [2.45, 2.75) is 26.1 Å². The van der Waals surface area contributed by atoms with Crippen molar-refractivity contribution < 1.29 is 17.6 Å². The van der Waals surface area contributed by atoms with Crippen molar-refractivity contribution in [1.82, 2.24) is 0 Å². The minimum absolute atomic E-state index is 0.486. The first kappa shape index (κ1) is 13.7. The molecule has 0 fully saturated rings. The highest BCUT2D eigenvalue weighted by Gasteiger charge is 2.30. The summed E-state index contributed by atoms with van der Waals surface area (Å²) in [7, 11) is 0. The number of halogens is 3. The monoisotopic (exact) mass is 269 g/mol. The Morgan fingerprint density at radius 2 is 1.68 bits per heavy atom. The van der Waals surface area contributed by atoms with E-state index in [1.807, 2.05) is 0 Å². The van der Waals surface area contributed by atoms with Gasteiger partial charge in [-0.2, -0.15) is 13.2 Å². The summed E-state index contributed by atoms with van der Waals surface area (Å²) < 4.78 is 42.8. The molecule has 0 saturated carbocycles. The van der Waals surface area contributed by atoms with Crippen LogP contribution in [0.2, 0.25) is 0 Å². The van der Waals surface area contributed by atoms with Gasteiger partial charge in [-0.3, -0.25) is 0 Å². The van der Waals surface area contributed by atoms with Crippen LogP contribution >= 0.6 is 0 Å². The number of aryl methyl sites for hydroxylation is 2. The first-order valence-electron chi connectivity index (χ1n) is 5.78. The third-order valence-electron chi connectivity index (χ3n) is 3.01. The average Bonchev–Trinajstić information content (AvgIpc) is 2.66. The Morgan fingerprint density at radius 3 is 2.11 bits per heavy atom. The molecule has 0 spiro atoms. The van der Waals surface area contributed by atoms with Gasteiger partial charge in [-0.1, -0.05) is 12.1 Å². The number of hydrogen-bond acceptors (Lipinski definition) is 2. The van der Waals surface area contributed by atoms with Gasteiger partial charge < -0.3 is 10.2 Å². The van der Waals surface area contributed by atoms with Crippen LogP contribution < -0.4 is 5.73 Å². The number of benzene rings is 1. The number of nitrogens with two attached hydrogens (primary N) is 1. The molecule has 0 aliphatic carbocycles. The van der Waals surface area contributed by atoms with Gasteiger partial charge in [0, 0.05) is 5.56 Å². The average molecular weight is 269 g/mol. The maximum absolute atomic E-state index is 12.5. The van der Waals surface area contributed by atoms with E-state index < -0.39 is 17.8 Å².